The fraction of sp³-hybridized carbons (Fsp3) is 0.174. The quantitative estimate of drug-likeness (QED) is 0.501. The van der Waals surface area contributed by atoms with Crippen LogP contribution in [0.1, 0.15) is 33.6 Å². The topological polar surface area (TPSA) is 63.7 Å². The number of ether oxygens (including phenoxy) is 1. The van der Waals surface area contributed by atoms with E-state index in [-0.39, 0.29) is 18.3 Å². The van der Waals surface area contributed by atoms with Crippen molar-refractivity contribution in [3.8, 4) is 0 Å². The lowest BCUT2D eigenvalue weighted by Crippen LogP contribution is -2.23. The van der Waals surface area contributed by atoms with E-state index in [0.29, 0.717) is 24.1 Å². The van der Waals surface area contributed by atoms with Gasteiger partial charge in [-0.3, -0.25) is 9.59 Å². The Balaban J connectivity index is 1.39. The Morgan fingerprint density at radius 3 is 2.32 bits per heavy atom. The molecule has 1 saturated heterocycles. The zero-order chi connectivity index (χ0) is 19.5. The summed E-state index contributed by atoms with van der Waals surface area (Å²) in [5.41, 5.74) is 1.63. The molecular weight excluding hydrogens is 354 g/mol. The number of nitrogens with zero attached hydrogens (tertiary/aromatic N) is 1. The molecule has 0 aromatic heterocycles. The third kappa shape index (κ3) is 3.64. The minimum absolute atomic E-state index is 0.0938. The molecule has 0 N–H and O–H groups in total. The fourth-order valence-electron chi connectivity index (χ4n) is 3.36. The third-order valence-electron chi connectivity index (χ3n) is 4.89. The van der Waals surface area contributed by atoms with Crippen LogP contribution >= 0.6 is 0 Å². The van der Waals surface area contributed by atoms with Crippen LogP contribution in [0.2, 0.25) is 0 Å². The van der Waals surface area contributed by atoms with Gasteiger partial charge in [-0.05, 0) is 47.5 Å². The molecular formula is C23H19NO4. The second-order valence-electron chi connectivity index (χ2n) is 6.76. The van der Waals surface area contributed by atoms with Crippen LogP contribution in [-0.4, -0.2) is 30.8 Å². The Hall–Kier alpha value is -3.47. The summed E-state index contributed by atoms with van der Waals surface area (Å²) in [4.78, 5) is 38.1. The zero-order valence-electron chi connectivity index (χ0n) is 15.3. The van der Waals surface area contributed by atoms with Crippen LogP contribution < -0.4 is 4.90 Å². The van der Waals surface area contributed by atoms with Crippen molar-refractivity contribution in [2.75, 3.05) is 18.1 Å². The molecule has 0 radical (unpaired) electrons. The number of ketones is 1. The predicted octanol–water partition coefficient (Wildman–Crippen LogP) is 4.01. The van der Waals surface area contributed by atoms with Crippen molar-refractivity contribution in [1.29, 1.82) is 0 Å². The molecule has 5 nitrogen and oxygen atoms in total. The van der Waals surface area contributed by atoms with Crippen molar-refractivity contribution in [2.45, 2.75) is 12.8 Å². The first kappa shape index (κ1) is 17.9. The number of amides is 1. The van der Waals surface area contributed by atoms with Crippen LogP contribution in [0.15, 0.2) is 66.7 Å². The first-order chi connectivity index (χ1) is 13.6. The van der Waals surface area contributed by atoms with Crippen molar-refractivity contribution in [1.82, 2.24) is 0 Å². The molecule has 1 heterocycles. The average molecular weight is 373 g/mol. The second-order valence-corrected chi connectivity index (χ2v) is 6.76. The molecule has 1 amide bonds. The van der Waals surface area contributed by atoms with E-state index in [2.05, 4.69) is 0 Å². The van der Waals surface area contributed by atoms with Crippen molar-refractivity contribution >= 4 is 34.1 Å². The number of rotatable bonds is 5. The van der Waals surface area contributed by atoms with Crippen LogP contribution in [0, 0.1) is 0 Å². The van der Waals surface area contributed by atoms with Gasteiger partial charge in [0.1, 0.15) is 0 Å². The van der Waals surface area contributed by atoms with E-state index in [1.54, 1.807) is 41.3 Å². The molecule has 4 rings (SSSR count). The summed E-state index contributed by atoms with van der Waals surface area (Å²) in [6.45, 7) is 0.381. The summed E-state index contributed by atoms with van der Waals surface area (Å²) in [6, 6.07) is 19.9. The van der Waals surface area contributed by atoms with E-state index in [1.807, 2.05) is 30.3 Å². The maximum atomic E-state index is 12.4. The largest absolute Gasteiger partial charge is 0.454 e. The lowest BCUT2D eigenvalue weighted by molar-refractivity contribution is -0.117. The zero-order valence-corrected chi connectivity index (χ0v) is 15.3. The van der Waals surface area contributed by atoms with Crippen molar-refractivity contribution in [2.24, 2.45) is 0 Å². The van der Waals surface area contributed by atoms with E-state index in [1.165, 1.54) is 0 Å². The SMILES string of the molecule is O=C(COC(=O)c1ccc(N2CCCC2=O)cc1)c1ccc2ccccc2c1. The molecule has 28 heavy (non-hydrogen) atoms. The van der Waals surface area contributed by atoms with Crippen molar-refractivity contribution in [3.05, 3.63) is 77.9 Å². The van der Waals surface area contributed by atoms with Gasteiger partial charge < -0.3 is 9.64 Å². The minimum atomic E-state index is -0.562. The Morgan fingerprint density at radius 2 is 1.61 bits per heavy atom. The van der Waals surface area contributed by atoms with Gasteiger partial charge in [0.2, 0.25) is 5.91 Å². The predicted molar refractivity (Wildman–Crippen MR) is 107 cm³/mol. The van der Waals surface area contributed by atoms with Gasteiger partial charge in [0.25, 0.3) is 0 Å². The lowest BCUT2D eigenvalue weighted by Gasteiger charge is -2.15. The molecule has 0 unspecified atom stereocenters. The highest BCUT2D eigenvalue weighted by Gasteiger charge is 2.22. The summed E-state index contributed by atoms with van der Waals surface area (Å²) in [6.07, 6.45) is 1.40. The number of Topliss-reactive ketones (excluding diaryl/α,β-unsaturated/α-hetero) is 1. The molecule has 5 heteroatoms. The van der Waals surface area contributed by atoms with Crippen LogP contribution in [-0.2, 0) is 9.53 Å². The molecule has 1 aliphatic heterocycles. The van der Waals surface area contributed by atoms with Gasteiger partial charge in [-0.2, -0.15) is 0 Å². The fourth-order valence-corrected chi connectivity index (χ4v) is 3.36. The van der Waals surface area contributed by atoms with E-state index < -0.39 is 5.97 Å². The van der Waals surface area contributed by atoms with Gasteiger partial charge in [-0.25, -0.2) is 4.79 Å². The van der Waals surface area contributed by atoms with Gasteiger partial charge >= 0.3 is 5.97 Å². The Morgan fingerprint density at radius 1 is 0.893 bits per heavy atom. The molecule has 0 aliphatic carbocycles. The normalized spacial score (nSPS) is 13.7. The van der Waals surface area contributed by atoms with Crippen LogP contribution in [0.25, 0.3) is 10.8 Å². The number of fused-ring (bicyclic) bond motifs is 1. The summed E-state index contributed by atoms with van der Waals surface area (Å²) in [5, 5.41) is 2.01. The van der Waals surface area contributed by atoms with Gasteiger partial charge in [0.15, 0.2) is 12.4 Å². The second kappa shape index (κ2) is 7.64. The summed E-state index contributed by atoms with van der Waals surface area (Å²) in [7, 11) is 0. The number of carbonyl (C=O) groups excluding carboxylic acids is 3. The first-order valence-electron chi connectivity index (χ1n) is 9.21. The Bertz CT molecular complexity index is 1060. The maximum absolute atomic E-state index is 12.4. The molecule has 0 atom stereocenters. The molecule has 0 bridgehead atoms. The van der Waals surface area contributed by atoms with Gasteiger partial charge in [-0.15, -0.1) is 0 Å². The molecule has 140 valence electrons. The Labute approximate surface area is 162 Å². The van der Waals surface area contributed by atoms with Crippen LogP contribution in [0.4, 0.5) is 5.69 Å². The van der Waals surface area contributed by atoms with Crippen molar-refractivity contribution < 1.29 is 19.1 Å². The van der Waals surface area contributed by atoms with Crippen LogP contribution in [0.5, 0.6) is 0 Å². The number of hydrogen-bond donors (Lipinski definition) is 0. The number of carbonyl (C=O) groups is 3. The Kier molecular flexibility index (Phi) is 4.89. The molecule has 3 aromatic carbocycles. The monoisotopic (exact) mass is 373 g/mol. The van der Waals surface area contributed by atoms with E-state index in [0.717, 1.165) is 22.9 Å². The minimum Gasteiger partial charge on any atom is -0.454 e. The molecule has 0 saturated carbocycles. The average Bonchev–Trinajstić information content (AvgIpc) is 3.17. The molecule has 1 fully saturated rings. The van der Waals surface area contributed by atoms with Gasteiger partial charge in [0, 0.05) is 24.2 Å². The van der Waals surface area contributed by atoms with Crippen LogP contribution in [0.3, 0.4) is 0 Å². The molecule has 0 spiro atoms. The van der Waals surface area contributed by atoms with Crippen molar-refractivity contribution in [3.63, 3.8) is 0 Å². The maximum Gasteiger partial charge on any atom is 0.338 e. The summed E-state index contributed by atoms with van der Waals surface area (Å²) in [5.74, 6) is -0.719. The molecule has 1 aliphatic rings. The summed E-state index contributed by atoms with van der Waals surface area (Å²) < 4.78 is 5.17. The first-order valence-corrected chi connectivity index (χ1v) is 9.21. The van der Waals surface area contributed by atoms with E-state index in [9.17, 15) is 14.4 Å². The molecule has 3 aromatic rings. The van der Waals surface area contributed by atoms with E-state index >= 15 is 0 Å². The number of benzene rings is 3. The highest BCUT2D eigenvalue weighted by Crippen LogP contribution is 2.22. The standard InChI is InChI=1S/C23H19NO4/c25-21(19-8-7-16-4-1-2-5-18(16)14-19)15-28-23(27)17-9-11-20(12-10-17)24-13-3-6-22(24)26/h1-2,4-5,7-12,14H,3,6,13,15H2. The third-order valence-corrected chi connectivity index (χ3v) is 4.89. The summed E-state index contributed by atoms with van der Waals surface area (Å²) >= 11 is 0. The number of esters is 1. The van der Waals surface area contributed by atoms with Gasteiger partial charge in [-0.1, -0.05) is 36.4 Å². The highest BCUT2D eigenvalue weighted by molar-refractivity contribution is 6.02. The lowest BCUT2D eigenvalue weighted by atomic mass is 10.0. The number of anilines is 1. The smallest absolute Gasteiger partial charge is 0.338 e. The van der Waals surface area contributed by atoms with Gasteiger partial charge in [0.05, 0.1) is 5.56 Å². The highest BCUT2D eigenvalue weighted by atomic mass is 16.5. The number of hydrogen-bond acceptors (Lipinski definition) is 4. The van der Waals surface area contributed by atoms with E-state index in [4.69, 9.17) is 4.74 Å².